The summed E-state index contributed by atoms with van der Waals surface area (Å²) in [5.41, 5.74) is 0. The van der Waals surface area contributed by atoms with Gasteiger partial charge in [-0.15, -0.1) is 0 Å². The molecule has 184 valence electrons. The molecule has 0 aromatic heterocycles. The molecule has 2 aliphatic heterocycles. The van der Waals surface area contributed by atoms with E-state index in [1.54, 1.807) is 56.9 Å². The molecule has 2 heterocycles. The van der Waals surface area contributed by atoms with E-state index in [-0.39, 0.29) is 19.8 Å². The van der Waals surface area contributed by atoms with Crippen LogP contribution in [0, 0.1) is 0 Å². The first kappa shape index (κ1) is 26.8. The van der Waals surface area contributed by atoms with E-state index < -0.39 is 54.8 Å². The van der Waals surface area contributed by atoms with Gasteiger partial charge in [-0.1, -0.05) is 0 Å². The number of hydrogen-bond acceptors (Lipinski definition) is 11. The van der Waals surface area contributed by atoms with Crippen molar-refractivity contribution in [2.75, 3.05) is 76.7 Å². The quantitative estimate of drug-likeness (QED) is 0.371. The second kappa shape index (κ2) is 12.7. The molecule has 0 aromatic carbocycles. The maximum Gasteiger partial charge on any atom is 0.224 e. The molecule has 9 atom stereocenters. The molecule has 2 aliphatic rings. The lowest BCUT2D eigenvalue weighted by Crippen LogP contribution is -2.64. The van der Waals surface area contributed by atoms with Gasteiger partial charge in [0.05, 0.1) is 13.2 Å². The van der Waals surface area contributed by atoms with Crippen molar-refractivity contribution in [3.05, 3.63) is 0 Å². The summed E-state index contributed by atoms with van der Waals surface area (Å²) in [5, 5.41) is 0. The van der Waals surface area contributed by atoms with Crippen molar-refractivity contribution in [1.29, 1.82) is 0 Å². The number of rotatable bonds is 13. The number of methoxy groups -OCH3 is 8. The van der Waals surface area contributed by atoms with Crippen molar-refractivity contribution >= 4 is 0 Å². The average molecular weight is 455 g/mol. The van der Waals surface area contributed by atoms with Crippen LogP contribution < -0.4 is 0 Å². The maximum absolute atomic E-state index is 6.45. The van der Waals surface area contributed by atoms with Crippen molar-refractivity contribution in [3.8, 4) is 0 Å². The molecule has 2 saturated heterocycles. The fourth-order valence-corrected chi connectivity index (χ4v) is 4.43. The molecule has 0 amide bonds. The second-order valence-electron chi connectivity index (χ2n) is 7.43. The third kappa shape index (κ3) is 5.56. The van der Waals surface area contributed by atoms with E-state index in [1.807, 2.05) is 0 Å². The minimum atomic E-state index is -1.34. The highest BCUT2D eigenvalue weighted by Crippen LogP contribution is 2.40. The van der Waals surface area contributed by atoms with Gasteiger partial charge in [-0.3, -0.25) is 0 Å². The molecular weight excluding hydrogens is 416 g/mol. The van der Waals surface area contributed by atoms with Crippen LogP contribution in [-0.2, 0) is 52.1 Å². The summed E-state index contributed by atoms with van der Waals surface area (Å²) < 4.78 is 63.5. The summed E-state index contributed by atoms with van der Waals surface area (Å²) in [7, 11) is 12.6. The Morgan fingerprint density at radius 3 is 1.68 bits per heavy atom. The maximum atomic E-state index is 6.45. The van der Waals surface area contributed by atoms with Crippen LogP contribution in [0.3, 0.4) is 0 Å². The molecule has 2 fully saturated rings. The summed E-state index contributed by atoms with van der Waals surface area (Å²) in [6, 6.07) is 0. The SMILES string of the molecule is COCC1O[C@H](O[C@@]2(COC)OC(COC)[C@H](OC)[C@H]2OC)C(OC)[C@@H](OC)[C@@H]1OC. The van der Waals surface area contributed by atoms with E-state index in [2.05, 4.69) is 0 Å². The molecule has 0 bridgehead atoms. The minimum Gasteiger partial charge on any atom is -0.382 e. The molecule has 0 saturated carbocycles. The molecule has 2 rings (SSSR count). The van der Waals surface area contributed by atoms with Crippen molar-refractivity contribution in [1.82, 2.24) is 0 Å². The van der Waals surface area contributed by atoms with Crippen LogP contribution in [0.4, 0.5) is 0 Å². The number of ether oxygens (including phenoxy) is 11. The normalized spacial score (nSPS) is 41.0. The zero-order chi connectivity index (χ0) is 23.0. The van der Waals surface area contributed by atoms with Crippen molar-refractivity contribution in [2.24, 2.45) is 0 Å². The predicted octanol–water partition coefficient (Wildman–Crippen LogP) is -0.163. The summed E-state index contributed by atoms with van der Waals surface area (Å²) >= 11 is 0. The third-order valence-electron chi connectivity index (χ3n) is 5.71. The molecule has 31 heavy (non-hydrogen) atoms. The Kier molecular flexibility index (Phi) is 11.0. The average Bonchev–Trinajstić information content (AvgIpc) is 3.05. The first-order valence-electron chi connectivity index (χ1n) is 10.1. The van der Waals surface area contributed by atoms with E-state index in [0.29, 0.717) is 0 Å². The van der Waals surface area contributed by atoms with E-state index in [4.69, 9.17) is 52.1 Å². The van der Waals surface area contributed by atoms with E-state index in [9.17, 15) is 0 Å². The first-order valence-corrected chi connectivity index (χ1v) is 10.1. The standard InChI is InChI=1S/C20H38O11/c1-21-9-12-14(24-4)16(26-6)17(27-7)19(29-12)31-20(11-23-3)18(28-8)15(25-5)13(30-20)10-22-2/h12-19H,9-11H2,1-8H3/t12?,13?,14-,15+,16+,17?,18-,19-,20-/m1/s1. The first-order chi connectivity index (χ1) is 15.0. The number of hydrogen-bond donors (Lipinski definition) is 0. The zero-order valence-corrected chi connectivity index (χ0v) is 19.7. The molecule has 0 radical (unpaired) electrons. The van der Waals surface area contributed by atoms with Crippen LogP contribution in [0.1, 0.15) is 0 Å². The van der Waals surface area contributed by atoms with Crippen LogP contribution >= 0.6 is 0 Å². The molecule has 0 aromatic rings. The second-order valence-corrected chi connectivity index (χ2v) is 7.43. The highest BCUT2D eigenvalue weighted by molar-refractivity contribution is 5.01. The Bertz CT molecular complexity index is 510. The Hall–Kier alpha value is -0.440. The van der Waals surface area contributed by atoms with E-state index in [1.165, 1.54) is 0 Å². The lowest BCUT2D eigenvalue weighted by atomic mass is 9.98. The van der Waals surface area contributed by atoms with Crippen molar-refractivity contribution in [2.45, 2.75) is 54.8 Å². The van der Waals surface area contributed by atoms with Gasteiger partial charge in [0.1, 0.15) is 49.3 Å². The third-order valence-corrected chi connectivity index (χ3v) is 5.71. The molecule has 0 spiro atoms. The molecule has 0 N–H and O–H groups in total. The monoisotopic (exact) mass is 454 g/mol. The fraction of sp³-hybridized carbons (Fsp3) is 1.00. The Labute approximate surface area is 184 Å². The van der Waals surface area contributed by atoms with Crippen LogP contribution in [-0.4, -0.2) is 132 Å². The van der Waals surface area contributed by atoms with Crippen molar-refractivity contribution < 1.29 is 52.1 Å². The van der Waals surface area contributed by atoms with Gasteiger partial charge in [-0.2, -0.15) is 0 Å². The van der Waals surface area contributed by atoms with Crippen LogP contribution in [0.2, 0.25) is 0 Å². The molecular formula is C20H38O11. The summed E-state index contributed by atoms with van der Waals surface area (Å²) in [6.07, 6.45) is -4.42. The van der Waals surface area contributed by atoms with E-state index in [0.717, 1.165) is 0 Å². The molecule has 11 nitrogen and oxygen atoms in total. The summed E-state index contributed by atoms with van der Waals surface area (Å²) in [6.45, 7) is 0.612. The summed E-state index contributed by atoms with van der Waals surface area (Å²) in [5.74, 6) is -1.34. The van der Waals surface area contributed by atoms with Gasteiger partial charge in [0.15, 0.2) is 6.29 Å². The largest absolute Gasteiger partial charge is 0.382 e. The smallest absolute Gasteiger partial charge is 0.224 e. The predicted molar refractivity (Wildman–Crippen MR) is 107 cm³/mol. The Morgan fingerprint density at radius 1 is 0.613 bits per heavy atom. The van der Waals surface area contributed by atoms with Gasteiger partial charge in [0.25, 0.3) is 0 Å². The van der Waals surface area contributed by atoms with E-state index >= 15 is 0 Å². The minimum absolute atomic E-state index is 0.0577. The van der Waals surface area contributed by atoms with Crippen LogP contribution in [0.15, 0.2) is 0 Å². The van der Waals surface area contributed by atoms with Crippen LogP contribution in [0.25, 0.3) is 0 Å². The lowest BCUT2D eigenvalue weighted by Gasteiger charge is -2.47. The van der Waals surface area contributed by atoms with Gasteiger partial charge in [0.2, 0.25) is 5.79 Å². The van der Waals surface area contributed by atoms with Gasteiger partial charge < -0.3 is 52.1 Å². The molecule has 0 aliphatic carbocycles. The molecule has 11 heteroatoms. The van der Waals surface area contributed by atoms with Gasteiger partial charge in [-0.05, 0) is 0 Å². The van der Waals surface area contributed by atoms with Crippen molar-refractivity contribution in [3.63, 3.8) is 0 Å². The van der Waals surface area contributed by atoms with Crippen LogP contribution in [0.5, 0.6) is 0 Å². The van der Waals surface area contributed by atoms with Gasteiger partial charge in [0, 0.05) is 56.9 Å². The highest BCUT2D eigenvalue weighted by Gasteiger charge is 2.60. The molecule has 3 unspecified atom stereocenters. The van der Waals surface area contributed by atoms with Gasteiger partial charge >= 0.3 is 0 Å². The van der Waals surface area contributed by atoms with Gasteiger partial charge in [-0.25, -0.2) is 0 Å². The lowest BCUT2D eigenvalue weighted by molar-refractivity contribution is -0.390. The fourth-order valence-electron chi connectivity index (χ4n) is 4.43. The Morgan fingerprint density at radius 2 is 1.19 bits per heavy atom. The summed E-state index contributed by atoms with van der Waals surface area (Å²) in [4.78, 5) is 0. The topological polar surface area (TPSA) is 102 Å². The highest BCUT2D eigenvalue weighted by atomic mass is 16.8. The Balaban J connectivity index is 2.38. The zero-order valence-electron chi connectivity index (χ0n) is 19.7.